The van der Waals surface area contributed by atoms with Gasteiger partial charge in [-0.3, -0.25) is 4.79 Å². The summed E-state index contributed by atoms with van der Waals surface area (Å²) in [6, 6.07) is 11.2. The molecule has 1 heterocycles. The maximum Gasteiger partial charge on any atom is 0.321 e. The summed E-state index contributed by atoms with van der Waals surface area (Å²) < 4.78 is 0. The van der Waals surface area contributed by atoms with Gasteiger partial charge in [-0.15, -0.1) is 0 Å². The van der Waals surface area contributed by atoms with E-state index in [2.05, 4.69) is 10.6 Å². The summed E-state index contributed by atoms with van der Waals surface area (Å²) in [5.41, 5.74) is 0.914. The largest absolute Gasteiger partial charge is 0.506 e. The van der Waals surface area contributed by atoms with Crippen LogP contribution < -0.4 is 10.6 Å². The predicted molar refractivity (Wildman–Crippen MR) is 107 cm³/mol. The Hall–Kier alpha value is -2.44. The van der Waals surface area contributed by atoms with E-state index in [1.165, 1.54) is 12.1 Å². The van der Waals surface area contributed by atoms with Crippen LogP contribution in [0.4, 0.5) is 16.2 Å². The molecule has 0 bridgehead atoms. The highest BCUT2D eigenvalue weighted by Gasteiger charge is 2.27. The molecule has 0 saturated carbocycles. The molecular weight excluding hydrogens is 389 g/mol. The Labute approximate surface area is 167 Å². The summed E-state index contributed by atoms with van der Waals surface area (Å²) in [6.07, 6.45) is 1.08. The van der Waals surface area contributed by atoms with Gasteiger partial charge in [-0.05, 0) is 49.2 Å². The fraction of sp³-hybridized carbons (Fsp3) is 0.263. The molecule has 27 heavy (non-hydrogen) atoms. The first-order valence-electron chi connectivity index (χ1n) is 8.53. The number of halogens is 2. The Morgan fingerprint density at radius 2 is 1.70 bits per heavy atom. The number of hydrogen-bond donors (Lipinski definition) is 3. The zero-order valence-corrected chi connectivity index (χ0v) is 15.9. The molecule has 0 aliphatic carbocycles. The molecular formula is C19H19Cl2N3O3. The monoisotopic (exact) mass is 407 g/mol. The second-order valence-electron chi connectivity index (χ2n) is 6.35. The summed E-state index contributed by atoms with van der Waals surface area (Å²) in [7, 11) is 0. The molecule has 0 unspecified atom stereocenters. The molecule has 1 aliphatic rings. The molecule has 3 N–H and O–H groups in total. The maximum absolute atomic E-state index is 12.4. The van der Waals surface area contributed by atoms with E-state index < -0.39 is 0 Å². The number of hydrogen-bond acceptors (Lipinski definition) is 3. The number of phenolic OH excluding ortho intramolecular Hbond substituents is 1. The zero-order chi connectivity index (χ0) is 19.4. The Morgan fingerprint density at radius 3 is 2.41 bits per heavy atom. The zero-order valence-electron chi connectivity index (χ0n) is 14.4. The standard InChI is InChI=1S/C19H19Cl2N3O3/c20-13-2-1-3-15(10-13)22-19(27)24-8-6-12(7-9-24)18(26)23-16-11-14(21)4-5-17(16)25/h1-5,10-12,25H,6-9H2,(H,22,27)(H,23,26). The van der Waals surface area contributed by atoms with Crippen LogP contribution in [-0.4, -0.2) is 35.0 Å². The Morgan fingerprint density at radius 1 is 1.00 bits per heavy atom. The van der Waals surface area contributed by atoms with Crippen molar-refractivity contribution in [3.63, 3.8) is 0 Å². The van der Waals surface area contributed by atoms with Gasteiger partial charge >= 0.3 is 6.03 Å². The van der Waals surface area contributed by atoms with Gasteiger partial charge in [0.1, 0.15) is 5.75 Å². The third-order valence-electron chi connectivity index (χ3n) is 4.45. The van der Waals surface area contributed by atoms with E-state index in [4.69, 9.17) is 23.2 Å². The average molecular weight is 408 g/mol. The predicted octanol–water partition coefficient (Wildman–Crippen LogP) is 4.58. The first-order chi connectivity index (χ1) is 12.9. The van der Waals surface area contributed by atoms with Crippen molar-refractivity contribution in [3.8, 4) is 5.75 Å². The van der Waals surface area contributed by atoms with Crippen molar-refractivity contribution < 1.29 is 14.7 Å². The van der Waals surface area contributed by atoms with E-state index in [1.807, 2.05) is 0 Å². The number of carbonyl (C=O) groups excluding carboxylic acids is 2. The lowest BCUT2D eigenvalue weighted by Crippen LogP contribution is -2.43. The van der Waals surface area contributed by atoms with Crippen molar-refractivity contribution in [1.82, 2.24) is 4.90 Å². The molecule has 142 valence electrons. The highest BCUT2D eigenvalue weighted by Crippen LogP contribution is 2.28. The van der Waals surface area contributed by atoms with Crippen LogP contribution in [0.2, 0.25) is 10.0 Å². The molecule has 0 spiro atoms. The normalized spacial score (nSPS) is 14.7. The smallest absolute Gasteiger partial charge is 0.321 e. The SMILES string of the molecule is O=C(Nc1cc(Cl)ccc1O)C1CCN(C(=O)Nc2cccc(Cl)c2)CC1. The minimum Gasteiger partial charge on any atom is -0.506 e. The van der Waals surface area contributed by atoms with E-state index in [1.54, 1.807) is 35.2 Å². The van der Waals surface area contributed by atoms with Crippen LogP contribution >= 0.6 is 23.2 Å². The highest BCUT2D eigenvalue weighted by molar-refractivity contribution is 6.31. The second kappa shape index (κ2) is 8.50. The number of amides is 3. The number of rotatable bonds is 3. The molecule has 2 aromatic rings. The number of anilines is 2. The van der Waals surface area contributed by atoms with Crippen molar-refractivity contribution >= 4 is 46.5 Å². The highest BCUT2D eigenvalue weighted by atomic mass is 35.5. The molecule has 1 aliphatic heterocycles. The van der Waals surface area contributed by atoms with Gasteiger partial charge in [0, 0.05) is 34.7 Å². The molecule has 3 amide bonds. The Balaban J connectivity index is 1.52. The lowest BCUT2D eigenvalue weighted by atomic mass is 9.96. The fourth-order valence-corrected chi connectivity index (χ4v) is 3.32. The van der Waals surface area contributed by atoms with Gasteiger partial charge < -0.3 is 20.6 Å². The van der Waals surface area contributed by atoms with Crippen LogP contribution in [0.5, 0.6) is 5.75 Å². The molecule has 0 atom stereocenters. The molecule has 1 fully saturated rings. The molecule has 6 nitrogen and oxygen atoms in total. The summed E-state index contributed by atoms with van der Waals surface area (Å²) in [5, 5.41) is 16.3. The van der Waals surface area contributed by atoms with Crippen molar-refractivity contribution in [2.45, 2.75) is 12.8 Å². The van der Waals surface area contributed by atoms with Crippen LogP contribution in [0.3, 0.4) is 0 Å². The third kappa shape index (κ3) is 5.05. The topological polar surface area (TPSA) is 81.7 Å². The third-order valence-corrected chi connectivity index (χ3v) is 4.92. The quantitative estimate of drug-likeness (QED) is 0.651. The van der Waals surface area contributed by atoms with Crippen molar-refractivity contribution in [1.29, 1.82) is 0 Å². The fourth-order valence-electron chi connectivity index (χ4n) is 2.96. The molecule has 1 saturated heterocycles. The lowest BCUT2D eigenvalue weighted by Gasteiger charge is -2.31. The van der Waals surface area contributed by atoms with E-state index >= 15 is 0 Å². The molecule has 2 aromatic carbocycles. The first-order valence-corrected chi connectivity index (χ1v) is 9.29. The second-order valence-corrected chi connectivity index (χ2v) is 7.23. The minimum absolute atomic E-state index is 0.0360. The molecule has 0 aromatic heterocycles. The van der Waals surface area contributed by atoms with Gasteiger partial charge in [0.2, 0.25) is 5.91 Å². The Kier molecular flexibility index (Phi) is 6.08. The number of piperidine rings is 1. The van der Waals surface area contributed by atoms with Crippen LogP contribution in [0.1, 0.15) is 12.8 Å². The number of carbonyl (C=O) groups is 2. The molecule has 3 rings (SSSR count). The van der Waals surface area contributed by atoms with Crippen molar-refractivity contribution in [2.75, 3.05) is 23.7 Å². The summed E-state index contributed by atoms with van der Waals surface area (Å²) in [5.74, 6) is -0.466. The number of nitrogens with zero attached hydrogens (tertiary/aromatic N) is 1. The number of phenols is 1. The van der Waals surface area contributed by atoms with E-state index in [0.29, 0.717) is 41.7 Å². The molecule has 0 radical (unpaired) electrons. The first kappa shape index (κ1) is 19.3. The van der Waals surface area contributed by atoms with Gasteiger partial charge in [0.05, 0.1) is 5.69 Å². The van der Waals surface area contributed by atoms with Crippen LogP contribution in [0.25, 0.3) is 0 Å². The van der Waals surface area contributed by atoms with Gasteiger partial charge in [0.15, 0.2) is 0 Å². The number of aromatic hydroxyl groups is 1. The maximum atomic E-state index is 12.4. The van der Waals surface area contributed by atoms with Crippen LogP contribution in [0.15, 0.2) is 42.5 Å². The lowest BCUT2D eigenvalue weighted by molar-refractivity contribution is -0.121. The van der Waals surface area contributed by atoms with Gasteiger partial charge in [-0.25, -0.2) is 4.79 Å². The van der Waals surface area contributed by atoms with Gasteiger partial charge in [-0.1, -0.05) is 29.3 Å². The average Bonchev–Trinajstić information content (AvgIpc) is 2.65. The number of urea groups is 1. The minimum atomic E-state index is -0.237. The van der Waals surface area contributed by atoms with Gasteiger partial charge in [-0.2, -0.15) is 0 Å². The van der Waals surface area contributed by atoms with Crippen molar-refractivity contribution in [3.05, 3.63) is 52.5 Å². The number of benzene rings is 2. The van der Waals surface area contributed by atoms with E-state index in [0.717, 1.165) is 0 Å². The van der Waals surface area contributed by atoms with E-state index in [9.17, 15) is 14.7 Å². The summed E-state index contributed by atoms with van der Waals surface area (Å²) >= 11 is 11.8. The van der Waals surface area contributed by atoms with Crippen LogP contribution in [0, 0.1) is 5.92 Å². The summed E-state index contributed by atoms with van der Waals surface area (Å²) in [4.78, 5) is 26.5. The van der Waals surface area contributed by atoms with Gasteiger partial charge in [0.25, 0.3) is 0 Å². The van der Waals surface area contributed by atoms with Crippen LogP contribution in [-0.2, 0) is 4.79 Å². The Bertz CT molecular complexity index is 852. The van der Waals surface area contributed by atoms with Crippen molar-refractivity contribution in [2.24, 2.45) is 5.92 Å². The summed E-state index contributed by atoms with van der Waals surface area (Å²) in [6.45, 7) is 0.929. The van der Waals surface area contributed by atoms with E-state index in [-0.39, 0.29) is 29.3 Å². The molecule has 8 heteroatoms. The number of likely N-dealkylation sites (tertiary alicyclic amines) is 1. The number of nitrogens with one attached hydrogen (secondary N) is 2.